The largest absolute Gasteiger partial charge is 0.507 e. The van der Waals surface area contributed by atoms with Crippen molar-refractivity contribution < 1.29 is 9.84 Å². The molecule has 0 aromatic heterocycles. The molecular formula is C29H50O2. The number of methoxy groups -OCH3 is 1. The van der Waals surface area contributed by atoms with E-state index in [1.54, 1.807) is 7.11 Å². The molecular weight excluding hydrogens is 380 g/mol. The summed E-state index contributed by atoms with van der Waals surface area (Å²) in [6.45, 7) is 15.4. The molecule has 2 atom stereocenters. The van der Waals surface area contributed by atoms with E-state index in [2.05, 4.69) is 39.8 Å². The zero-order valence-electron chi connectivity index (χ0n) is 21.8. The van der Waals surface area contributed by atoms with Gasteiger partial charge >= 0.3 is 0 Å². The van der Waals surface area contributed by atoms with Gasteiger partial charge in [0.25, 0.3) is 0 Å². The van der Waals surface area contributed by atoms with E-state index < -0.39 is 0 Å². The number of phenolic OH excluding ortho intramolecular Hbond substituents is 1. The second kappa shape index (κ2) is 14.6. The number of ether oxygens (including phenoxy) is 1. The summed E-state index contributed by atoms with van der Waals surface area (Å²) in [5.41, 5.74) is 3.85. The quantitative estimate of drug-likeness (QED) is 0.281. The van der Waals surface area contributed by atoms with E-state index in [1.807, 2.05) is 20.8 Å². The summed E-state index contributed by atoms with van der Waals surface area (Å²) in [4.78, 5) is 0. The van der Waals surface area contributed by atoms with E-state index in [1.165, 1.54) is 57.8 Å². The first kappa shape index (κ1) is 27.6. The maximum atomic E-state index is 10.4. The molecule has 31 heavy (non-hydrogen) atoms. The highest BCUT2D eigenvalue weighted by molar-refractivity contribution is 5.69. The molecule has 0 saturated carbocycles. The number of rotatable bonds is 15. The summed E-state index contributed by atoms with van der Waals surface area (Å²) >= 11 is 0. The highest BCUT2D eigenvalue weighted by Gasteiger charge is 2.15. The fourth-order valence-corrected chi connectivity index (χ4v) is 4.53. The predicted molar refractivity (Wildman–Crippen MR) is 137 cm³/mol. The lowest BCUT2D eigenvalue weighted by Crippen LogP contribution is -2.00. The molecule has 0 fully saturated rings. The minimum Gasteiger partial charge on any atom is -0.507 e. The monoisotopic (exact) mass is 430 g/mol. The standard InChI is InChI=1S/C29H50O2/c1-21(2)15-13-17-23(4)19-14-18-22(3)16-11-9-10-12-20-27-26(7)28(30)24(5)25(6)29(27)31-8/h12,20-23,30H,9-11,13-19H2,1-8H3/b20-12-/t22-,23+/m0/s1. The highest BCUT2D eigenvalue weighted by atomic mass is 16.5. The van der Waals surface area contributed by atoms with Gasteiger partial charge in [-0.05, 0) is 62.5 Å². The molecule has 0 unspecified atom stereocenters. The summed E-state index contributed by atoms with van der Waals surface area (Å²) in [6.07, 6.45) is 17.7. The molecule has 0 aliphatic carbocycles. The normalized spacial score (nSPS) is 13.8. The first-order valence-electron chi connectivity index (χ1n) is 12.7. The van der Waals surface area contributed by atoms with E-state index in [9.17, 15) is 5.11 Å². The average molecular weight is 431 g/mol. The molecule has 0 saturated heterocycles. The summed E-state index contributed by atoms with van der Waals surface area (Å²) in [5, 5.41) is 10.4. The Morgan fingerprint density at radius 2 is 1.29 bits per heavy atom. The average Bonchev–Trinajstić information content (AvgIpc) is 2.72. The van der Waals surface area contributed by atoms with Gasteiger partial charge in [0.05, 0.1) is 7.11 Å². The third-order valence-electron chi connectivity index (χ3n) is 6.94. The number of hydrogen-bond acceptors (Lipinski definition) is 2. The van der Waals surface area contributed by atoms with Crippen molar-refractivity contribution in [1.82, 2.24) is 0 Å². The number of aromatic hydroxyl groups is 1. The van der Waals surface area contributed by atoms with Crippen molar-refractivity contribution in [3.05, 3.63) is 28.3 Å². The van der Waals surface area contributed by atoms with Gasteiger partial charge in [-0.2, -0.15) is 0 Å². The van der Waals surface area contributed by atoms with Crippen molar-refractivity contribution in [2.75, 3.05) is 7.11 Å². The smallest absolute Gasteiger partial charge is 0.129 e. The molecule has 1 aromatic rings. The number of allylic oxidation sites excluding steroid dienone is 1. The van der Waals surface area contributed by atoms with Gasteiger partial charge in [0, 0.05) is 11.1 Å². The number of hydrogen-bond donors (Lipinski definition) is 1. The summed E-state index contributed by atoms with van der Waals surface area (Å²) < 4.78 is 5.63. The van der Waals surface area contributed by atoms with Crippen LogP contribution in [0.25, 0.3) is 6.08 Å². The summed E-state index contributed by atoms with van der Waals surface area (Å²) in [6, 6.07) is 0. The molecule has 0 aliphatic rings. The Labute approximate surface area is 193 Å². The fourth-order valence-electron chi connectivity index (χ4n) is 4.53. The van der Waals surface area contributed by atoms with Crippen LogP contribution in [0.5, 0.6) is 11.5 Å². The lowest BCUT2D eigenvalue weighted by atomic mass is 9.92. The van der Waals surface area contributed by atoms with Gasteiger partial charge in [0.2, 0.25) is 0 Å². The molecule has 0 bridgehead atoms. The van der Waals surface area contributed by atoms with Gasteiger partial charge in [0.15, 0.2) is 0 Å². The second-order valence-electron chi connectivity index (χ2n) is 10.3. The predicted octanol–water partition coefficient (Wildman–Crippen LogP) is 9.17. The van der Waals surface area contributed by atoms with Gasteiger partial charge in [-0.1, -0.05) is 91.2 Å². The fraction of sp³-hybridized carbons (Fsp3) is 0.724. The molecule has 0 spiro atoms. The van der Waals surface area contributed by atoms with Crippen LogP contribution < -0.4 is 4.74 Å². The third-order valence-corrected chi connectivity index (χ3v) is 6.94. The molecule has 1 rings (SSSR count). The molecule has 0 radical (unpaired) electrons. The topological polar surface area (TPSA) is 29.5 Å². The van der Waals surface area contributed by atoms with Crippen molar-refractivity contribution >= 4 is 6.08 Å². The van der Waals surface area contributed by atoms with Gasteiger partial charge < -0.3 is 9.84 Å². The first-order chi connectivity index (χ1) is 14.7. The molecule has 2 nitrogen and oxygen atoms in total. The van der Waals surface area contributed by atoms with E-state index in [0.29, 0.717) is 5.75 Å². The zero-order chi connectivity index (χ0) is 23.4. The van der Waals surface area contributed by atoms with Crippen molar-refractivity contribution in [2.24, 2.45) is 17.8 Å². The van der Waals surface area contributed by atoms with Gasteiger partial charge in [0.1, 0.15) is 11.5 Å². The van der Waals surface area contributed by atoms with Gasteiger partial charge in [-0.15, -0.1) is 0 Å². The Kier molecular flexibility index (Phi) is 13.0. The Bertz CT molecular complexity index is 672. The Morgan fingerprint density at radius 1 is 0.742 bits per heavy atom. The maximum Gasteiger partial charge on any atom is 0.129 e. The van der Waals surface area contributed by atoms with Crippen LogP contribution in [0.4, 0.5) is 0 Å². The minimum absolute atomic E-state index is 0.390. The lowest BCUT2D eigenvalue weighted by Gasteiger charge is -2.16. The molecule has 2 heteroatoms. The SMILES string of the molecule is COc1c(C)c(C)c(O)c(C)c1/C=C\CCCC[C@H](C)CCC[C@H](C)CCCC(C)C. The molecule has 1 aromatic carbocycles. The number of phenols is 1. The number of unbranched alkanes of at least 4 members (excludes halogenated alkanes) is 2. The Balaban J connectivity index is 2.30. The van der Waals surface area contributed by atoms with Crippen LogP contribution in [0.2, 0.25) is 0 Å². The van der Waals surface area contributed by atoms with Crippen LogP contribution in [0.3, 0.4) is 0 Å². The van der Waals surface area contributed by atoms with Crippen LogP contribution in [-0.4, -0.2) is 12.2 Å². The third kappa shape index (κ3) is 9.71. The summed E-state index contributed by atoms with van der Waals surface area (Å²) in [7, 11) is 1.71. The second-order valence-corrected chi connectivity index (χ2v) is 10.3. The van der Waals surface area contributed by atoms with Crippen molar-refractivity contribution in [3.63, 3.8) is 0 Å². The minimum atomic E-state index is 0.390. The molecule has 178 valence electrons. The molecule has 1 N–H and O–H groups in total. The lowest BCUT2D eigenvalue weighted by molar-refractivity contribution is 0.387. The number of benzene rings is 1. The van der Waals surface area contributed by atoms with Gasteiger partial charge in [-0.3, -0.25) is 0 Å². The van der Waals surface area contributed by atoms with E-state index in [4.69, 9.17) is 4.74 Å². The van der Waals surface area contributed by atoms with Crippen molar-refractivity contribution in [2.45, 2.75) is 113 Å². The van der Waals surface area contributed by atoms with E-state index in [0.717, 1.165) is 52.2 Å². The van der Waals surface area contributed by atoms with Crippen LogP contribution in [-0.2, 0) is 0 Å². The van der Waals surface area contributed by atoms with Crippen LogP contribution in [0.15, 0.2) is 6.08 Å². The zero-order valence-corrected chi connectivity index (χ0v) is 21.8. The van der Waals surface area contributed by atoms with Crippen LogP contribution in [0, 0.1) is 38.5 Å². The van der Waals surface area contributed by atoms with E-state index >= 15 is 0 Å². The van der Waals surface area contributed by atoms with Crippen LogP contribution >= 0.6 is 0 Å². The molecule has 0 aliphatic heterocycles. The van der Waals surface area contributed by atoms with E-state index in [-0.39, 0.29) is 0 Å². The van der Waals surface area contributed by atoms with Crippen molar-refractivity contribution in [3.8, 4) is 11.5 Å². The molecule has 0 heterocycles. The Morgan fingerprint density at radius 3 is 1.84 bits per heavy atom. The van der Waals surface area contributed by atoms with Crippen molar-refractivity contribution in [1.29, 1.82) is 0 Å². The first-order valence-corrected chi connectivity index (χ1v) is 12.7. The highest BCUT2D eigenvalue weighted by Crippen LogP contribution is 2.37. The molecule has 0 amide bonds. The maximum absolute atomic E-state index is 10.4. The van der Waals surface area contributed by atoms with Gasteiger partial charge in [-0.25, -0.2) is 0 Å². The van der Waals surface area contributed by atoms with Crippen LogP contribution in [0.1, 0.15) is 114 Å². The summed E-state index contributed by atoms with van der Waals surface area (Å²) in [5.74, 6) is 3.85. The Hall–Kier alpha value is -1.44.